The number of aromatic nitrogens is 3. The molecule has 1 aromatic heterocycles. The fraction of sp³-hybridized carbons (Fsp3) is 0.385. The third-order valence-electron chi connectivity index (χ3n) is 3.63. The molecule has 0 amide bonds. The van der Waals surface area contributed by atoms with Gasteiger partial charge in [0.2, 0.25) is 10.0 Å². The number of fused-ring (bicyclic) bond motifs is 1. The zero-order valence-electron chi connectivity index (χ0n) is 11.8. The molecule has 0 saturated heterocycles. The smallest absolute Gasteiger partial charge is 0.244 e. The van der Waals surface area contributed by atoms with Gasteiger partial charge < -0.3 is 4.57 Å². The molecule has 1 aliphatic rings. The lowest BCUT2D eigenvalue weighted by Gasteiger charge is -2.17. The van der Waals surface area contributed by atoms with Crippen molar-refractivity contribution in [1.29, 1.82) is 0 Å². The molecule has 1 aromatic carbocycles. The molecular weight excluding hydrogens is 392 g/mol. The van der Waals surface area contributed by atoms with Crippen LogP contribution in [-0.2, 0) is 29.5 Å². The van der Waals surface area contributed by atoms with Gasteiger partial charge in [-0.05, 0) is 24.6 Å². The molecule has 0 aliphatic carbocycles. The largest absolute Gasteiger partial charge is 0.314 e. The molecule has 2 aromatic rings. The first-order valence-corrected chi connectivity index (χ1v) is 9.33. The first-order valence-electron chi connectivity index (χ1n) is 6.72. The van der Waals surface area contributed by atoms with E-state index in [0.717, 1.165) is 29.7 Å². The second-order valence-electron chi connectivity index (χ2n) is 5.12. The highest BCUT2D eigenvalue weighted by Gasteiger charge is 2.26. The van der Waals surface area contributed by atoms with Crippen molar-refractivity contribution in [3.8, 4) is 0 Å². The average Bonchev–Trinajstić information content (AvgIpc) is 3.03. The molecule has 0 bridgehead atoms. The minimum atomic E-state index is -3.68. The van der Waals surface area contributed by atoms with Crippen molar-refractivity contribution in [2.24, 2.45) is 0 Å². The Morgan fingerprint density at radius 1 is 1.41 bits per heavy atom. The number of rotatable bonds is 4. The molecule has 0 saturated carbocycles. The topological polar surface area (TPSA) is 68.1 Å². The SMILES string of the molecule is CN(Cc1nnc2n1CCC2)S(=O)(=O)c1ccc(Br)cc1Cl. The summed E-state index contributed by atoms with van der Waals surface area (Å²) in [7, 11) is -2.16. The highest BCUT2D eigenvalue weighted by atomic mass is 79.9. The predicted molar refractivity (Wildman–Crippen MR) is 86.1 cm³/mol. The van der Waals surface area contributed by atoms with Crippen LogP contribution in [-0.4, -0.2) is 34.5 Å². The molecule has 3 rings (SSSR count). The van der Waals surface area contributed by atoms with Crippen molar-refractivity contribution in [1.82, 2.24) is 19.1 Å². The monoisotopic (exact) mass is 404 g/mol. The molecule has 22 heavy (non-hydrogen) atoms. The zero-order valence-corrected chi connectivity index (χ0v) is 15.0. The van der Waals surface area contributed by atoms with Crippen molar-refractivity contribution in [2.75, 3.05) is 7.05 Å². The maximum Gasteiger partial charge on any atom is 0.244 e. The van der Waals surface area contributed by atoms with Gasteiger partial charge in [-0.3, -0.25) is 0 Å². The van der Waals surface area contributed by atoms with Gasteiger partial charge in [0.25, 0.3) is 0 Å². The van der Waals surface area contributed by atoms with Gasteiger partial charge in [0.05, 0.1) is 11.6 Å². The van der Waals surface area contributed by atoms with Crippen LogP contribution in [0, 0.1) is 0 Å². The molecule has 1 aliphatic heterocycles. The maximum atomic E-state index is 12.7. The van der Waals surface area contributed by atoms with Crippen molar-refractivity contribution in [3.63, 3.8) is 0 Å². The third-order valence-corrected chi connectivity index (χ3v) is 6.41. The van der Waals surface area contributed by atoms with Crippen LogP contribution < -0.4 is 0 Å². The Bertz CT molecular complexity index is 821. The third kappa shape index (κ3) is 2.80. The van der Waals surface area contributed by atoms with Crippen LogP contribution in [0.1, 0.15) is 18.1 Å². The fourth-order valence-corrected chi connectivity index (χ4v) is 4.60. The summed E-state index contributed by atoms with van der Waals surface area (Å²) in [6.45, 7) is 1.01. The summed E-state index contributed by atoms with van der Waals surface area (Å²) in [5.41, 5.74) is 0. The highest BCUT2D eigenvalue weighted by molar-refractivity contribution is 9.10. The lowest BCUT2D eigenvalue weighted by Crippen LogP contribution is -2.28. The summed E-state index contributed by atoms with van der Waals surface area (Å²) in [6.07, 6.45) is 1.91. The summed E-state index contributed by atoms with van der Waals surface area (Å²) >= 11 is 9.33. The number of hydrogen-bond donors (Lipinski definition) is 0. The van der Waals surface area contributed by atoms with Crippen LogP contribution in [0.25, 0.3) is 0 Å². The Morgan fingerprint density at radius 3 is 2.91 bits per heavy atom. The molecule has 9 heteroatoms. The zero-order chi connectivity index (χ0) is 15.9. The highest BCUT2D eigenvalue weighted by Crippen LogP contribution is 2.28. The van der Waals surface area contributed by atoms with Crippen LogP contribution in [0.3, 0.4) is 0 Å². The lowest BCUT2D eigenvalue weighted by atomic mass is 10.4. The van der Waals surface area contributed by atoms with E-state index in [2.05, 4.69) is 26.1 Å². The summed E-state index contributed by atoms with van der Waals surface area (Å²) < 4.78 is 29.3. The number of hydrogen-bond acceptors (Lipinski definition) is 4. The van der Waals surface area contributed by atoms with Crippen molar-refractivity contribution >= 4 is 37.6 Å². The number of sulfonamides is 1. The quantitative estimate of drug-likeness (QED) is 0.783. The normalized spacial score (nSPS) is 14.5. The molecule has 0 atom stereocenters. The van der Waals surface area contributed by atoms with Gasteiger partial charge in [0.1, 0.15) is 16.5 Å². The maximum absolute atomic E-state index is 12.7. The van der Waals surface area contributed by atoms with Crippen LogP contribution in [0.2, 0.25) is 5.02 Å². The Labute approximate surface area is 142 Å². The molecule has 0 radical (unpaired) electrons. The van der Waals surface area contributed by atoms with Crippen LogP contribution in [0.15, 0.2) is 27.6 Å². The first kappa shape index (κ1) is 15.9. The summed E-state index contributed by atoms with van der Waals surface area (Å²) in [5.74, 6) is 1.58. The van der Waals surface area contributed by atoms with E-state index in [-0.39, 0.29) is 16.5 Å². The second kappa shape index (κ2) is 5.92. The lowest BCUT2D eigenvalue weighted by molar-refractivity contribution is 0.447. The molecule has 118 valence electrons. The Morgan fingerprint density at radius 2 is 2.18 bits per heavy atom. The minimum Gasteiger partial charge on any atom is -0.314 e. The van der Waals surface area contributed by atoms with Gasteiger partial charge in [-0.15, -0.1) is 10.2 Å². The molecule has 0 fully saturated rings. The van der Waals surface area contributed by atoms with E-state index < -0.39 is 10.0 Å². The number of halogens is 2. The summed E-state index contributed by atoms with van der Waals surface area (Å²) in [4.78, 5) is 0.0843. The first-order chi connectivity index (χ1) is 10.4. The second-order valence-corrected chi connectivity index (χ2v) is 8.46. The van der Waals surface area contributed by atoms with Crippen molar-refractivity contribution in [3.05, 3.63) is 39.3 Å². The van der Waals surface area contributed by atoms with Gasteiger partial charge in [-0.25, -0.2) is 8.42 Å². The Kier molecular flexibility index (Phi) is 4.28. The van der Waals surface area contributed by atoms with Crippen LogP contribution in [0.4, 0.5) is 0 Å². The molecule has 0 unspecified atom stereocenters. The van der Waals surface area contributed by atoms with Gasteiger partial charge in [-0.2, -0.15) is 4.31 Å². The van der Waals surface area contributed by atoms with E-state index in [1.165, 1.54) is 17.4 Å². The summed E-state index contributed by atoms with van der Waals surface area (Å²) in [5, 5.41) is 8.37. The number of benzene rings is 1. The molecule has 6 nitrogen and oxygen atoms in total. The minimum absolute atomic E-state index is 0.0843. The Balaban J connectivity index is 1.88. The van der Waals surface area contributed by atoms with Crippen LogP contribution >= 0.6 is 27.5 Å². The van der Waals surface area contributed by atoms with E-state index in [4.69, 9.17) is 11.6 Å². The van der Waals surface area contributed by atoms with Gasteiger partial charge in [0, 0.05) is 24.5 Å². The average molecular weight is 406 g/mol. The fourth-order valence-electron chi connectivity index (χ4n) is 2.46. The molecule has 2 heterocycles. The summed E-state index contributed by atoms with van der Waals surface area (Å²) in [6, 6.07) is 4.71. The number of nitrogens with zero attached hydrogens (tertiary/aromatic N) is 4. The molecule has 0 spiro atoms. The Hall–Kier alpha value is -0.960. The van der Waals surface area contributed by atoms with Crippen molar-refractivity contribution < 1.29 is 8.42 Å². The van der Waals surface area contributed by atoms with Crippen molar-refractivity contribution in [2.45, 2.75) is 30.8 Å². The van der Waals surface area contributed by atoms with E-state index in [9.17, 15) is 8.42 Å². The number of aryl methyl sites for hydroxylation is 1. The van der Waals surface area contributed by atoms with Gasteiger partial charge in [0.15, 0.2) is 0 Å². The van der Waals surface area contributed by atoms with Gasteiger partial charge >= 0.3 is 0 Å². The van der Waals surface area contributed by atoms with Gasteiger partial charge in [-0.1, -0.05) is 27.5 Å². The predicted octanol–water partition coefficient (Wildman–Crippen LogP) is 2.46. The molecular formula is C13H14BrClN4O2S. The van der Waals surface area contributed by atoms with E-state index in [0.29, 0.717) is 5.82 Å². The van der Waals surface area contributed by atoms with E-state index in [1.807, 2.05) is 4.57 Å². The molecule has 0 N–H and O–H groups in total. The van der Waals surface area contributed by atoms with E-state index >= 15 is 0 Å². The standard InChI is InChI=1S/C13H14BrClN4O2S/c1-18(8-13-17-16-12-3-2-6-19(12)13)22(20,21)11-5-4-9(14)7-10(11)15/h4-5,7H,2-3,6,8H2,1H3. The van der Waals surface area contributed by atoms with E-state index in [1.54, 1.807) is 12.1 Å². The van der Waals surface area contributed by atoms with Crippen LogP contribution in [0.5, 0.6) is 0 Å².